The van der Waals surface area contributed by atoms with E-state index in [4.69, 9.17) is 9.47 Å². The molecule has 0 radical (unpaired) electrons. The number of amides is 1. The van der Waals surface area contributed by atoms with Gasteiger partial charge in [-0.1, -0.05) is 43.7 Å². The number of hydrogen-bond donors (Lipinski definition) is 3. The van der Waals surface area contributed by atoms with E-state index in [1.807, 2.05) is 31.2 Å². The largest absolute Gasteiger partial charge is 0.465 e. The van der Waals surface area contributed by atoms with Crippen molar-refractivity contribution in [2.24, 2.45) is 0 Å². The van der Waals surface area contributed by atoms with Crippen molar-refractivity contribution in [2.75, 3.05) is 24.4 Å². The van der Waals surface area contributed by atoms with E-state index in [0.717, 1.165) is 23.6 Å². The maximum atomic E-state index is 12.0. The summed E-state index contributed by atoms with van der Waals surface area (Å²) in [6.45, 7) is 2.37. The van der Waals surface area contributed by atoms with Crippen LogP contribution in [0.3, 0.4) is 0 Å². The zero-order chi connectivity index (χ0) is 24.8. The number of aliphatic hydroxyl groups excluding tert-OH is 1. The van der Waals surface area contributed by atoms with E-state index in [9.17, 15) is 14.7 Å². The van der Waals surface area contributed by atoms with Crippen LogP contribution < -0.4 is 10.6 Å². The first-order chi connectivity index (χ1) is 17.0. The smallest absolute Gasteiger partial charge is 0.411 e. The van der Waals surface area contributed by atoms with Crippen LogP contribution in [0.25, 0.3) is 21.8 Å². The number of hydrogen-bond acceptors (Lipinski definition) is 7. The van der Waals surface area contributed by atoms with Crippen molar-refractivity contribution in [2.45, 2.75) is 26.0 Å². The first kappa shape index (κ1) is 24.0. The minimum atomic E-state index is -1.08. The van der Waals surface area contributed by atoms with E-state index in [1.54, 1.807) is 42.5 Å². The summed E-state index contributed by atoms with van der Waals surface area (Å²) in [6, 6.07) is 19.6. The van der Waals surface area contributed by atoms with Gasteiger partial charge in [0.15, 0.2) is 6.23 Å². The van der Waals surface area contributed by atoms with Crippen LogP contribution in [0.2, 0.25) is 0 Å². The number of benzene rings is 3. The maximum Gasteiger partial charge on any atom is 0.411 e. The molecule has 3 aromatic carbocycles. The maximum absolute atomic E-state index is 12.0. The highest BCUT2D eigenvalue weighted by atomic mass is 16.5. The topological polar surface area (TPSA) is 110 Å². The lowest BCUT2D eigenvalue weighted by Crippen LogP contribution is -2.15. The normalized spacial score (nSPS) is 11.7. The van der Waals surface area contributed by atoms with Gasteiger partial charge < -0.3 is 19.9 Å². The molecule has 3 N–H and O–H groups in total. The summed E-state index contributed by atoms with van der Waals surface area (Å²) in [5, 5.41) is 18.5. The minimum absolute atomic E-state index is 0.353. The molecule has 35 heavy (non-hydrogen) atoms. The van der Waals surface area contributed by atoms with Gasteiger partial charge in [0, 0.05) is 22.0 Å². The predicted octanol–water partition coefficient (Wildman–Crippen LogP) is 5.63. The molecule has 8 nitrogen and oxygen atoms in total. The van der Waals surface area contributed by atoms with E-state index in [0.29, 0.717) is 40.1 Å². The van der Waals surface area contributed by atoms with Crippen molar-refractivity contribution in [3.63, 3.8) is 0 Å². The van der Waals surface area contributed by atoms with E-state index < -0.39 is 18.3 Å². The van der Waals surface area contributed by atoms with Gasteiger partial charge >= 0.3 is 12.1 Å². The third kappa shape index (κ3) is 5.50. The van der Waals surface area contributed by atoms with Crippen molar-refractivity contribution in [3.8, 4) is 0 Å². The molecule has 0 fully saturated rings. The first-order valence-corrected chi connectivity index (χ1v) is 11.4. The van der Waals surface area contributed by atoms with Gasteiger partial charge in [-0.05, 0) is 42.8 Å². The summed E-state index contributed by atoms with van der Waals surface area (Å²) in [5.74, 6) is -0.450. The third-order valence-corrected chi connectivity index (χ3v) is 5.56. The number of rotatable bonds is 8. The number of fused-ring (bicyclic) bond motifs is 2. The van der Waals surface area contributed by atoms with Crippen LogP contribution in [0, 0.1) is 0 Å². The number of nitrogens with one attached hydrogen (secondary N) is 2. The SMILES string of the molecule is CCCCOC(=O)Nc1cccc(C(O)Nc2c3ccccc3nc3cc(C(=O)OC)ccc23)c1. The molecule has 1 heterocycles. The van der Waals surface area contributed by atoms with Crippen molar-refractivity contribution in [1.29, 1.82) is 0 Å². The van der Waals surface area contributed by atoms with Gasteiger partial charge in [-0.15, -0.1) is 0 Å². The lowest BCUT2D eigenvalue weighted by Gasteiger charge is -2.19. The highest BCUT2D eigenvalue weighted by Crippen LogP contribution is 2.33. The molecule has 4 rings (SSSR count). The molecule has 180 valence electrons. The molecule has 0 aliphatic carbocycles. The van der Waals surface area contributed by atoms with Gasteiger partial charge in [-0.2, -0.15) is 0 Å². The highest BCUT2D eigenvalue weighted by molar-refractivity contribution is 6.09. The van der Waals surface area contributed by atoms with Crippen molar-refractivity contribution in [3.05, 3.63) is 77.9 Å². The molecule has 1 amide bonds. The number of ether oxygens (including phenoxy) is 2. The van der Waals surface area contributed by atoms with Crippen LogP contribution >= 0.6 is 0 Å². The Hall–Kier alpha value is -4.17. The fourth-order valence-corrected chi connectivity index (χ4v) is 3.76. The van der Waals surface area contributed by atoms with Crippen LogP contribution in [-0.4, -0.2) is 35.9 Å². The number of aliphatic hydroxyl groups is 1. The summed E-state index contributed by atoms with van der Waals surface area (Å²) in [7, 11) is 1.33. The Balaban J connectivity index is 1.64. The van der Waals surface area contributed by atoms with Crippen LogP contribution in [0.5, 0.6) is 0 Å². The second-order valence-electron chi connectivity index (χ2n) is 8.01. The number of esters is 1. The first-order valence-electron chi connectivity index (χ1n) is 11.4. The fourth-order valence-electron chi connectivity index (χ4n) is 3.76. The summed E-state index contributed by atoms with van der Waals surface area (Å²) < 4.78 is 9.98. The predicted molar refractivity (Wildman–Crippen MR) is 135 cm³/mol. The standard InChI is InChI=1S/C27H27N3O5/c1-3-4-14-35-27(33)28-19-9-7-8-17(15-19)25(31)30-24-20-10-5-6-11-22(20)29-23-16-18(26(32)34-2)12-13-21(23)24/h5-13,15-16,25,31H,3-4,14H2,1-2H3,(H,28,33)(H,29,30). The van der Waals surface area contributed by atoms with E-state index >= 15 is 0 Å². The summed E-state index contributed by atoms with van der Waals surface area (Å²) >= 11 is 0. The van der Waals surface area contributed by atoms with Gasteiger partial charge in [-0.25, -0.2) is 14.6 Å². The van der Waals surface area contributed by atoms with Gasteiger partial charge in [0.1, 0.15) is 0 Å². The molecule has 0 aliphatic rings. The minimum Gasteiger partial charge on any atom is -0.465 e. The van der Waals surface area contributed by atoms with Crippen molar-refractivity contribution in [1.82, 2.24) is 4.98 Å². The molecule has 1 aromatic heterocycles. The molecule has 1 atom stereocenters. The number of unbranched alkanes of at least 4 members (excludes halogenated alkanes) is 1. The zero-order valence-corrected chi connectivity index (χ0v) is 19.6. The number of para-hydroxylation sites is 1. The summed E-state index contributed by atoms with van der Waals surface area (Å²) in [4.78, 5) is 28.7. The number of anilines is 2. The number of pyridine rings is 1. The van der Waals surface area contributed by atoms with Crippen LogP contribution in [0.4, 0.5) is 16.2 Å². The number of aromatic nitrogens is 1. The van der Waals surface area contributed by atoms with Crippen molar-refractivity contribution >= 4 is 45.2 Å². The molecule has 0 bridgehead atoms. The van der Waals surface area contributed by atoms with Gasteiger partial charge in [0.05, 0.1) is 36.0 Å². The summed E-state index contributed by atoms with van der Waals surface area (Å²) in [5.41, 5.74) is 3.42. The average Bonchev–Trinajstić information content (AvgIpc) is 2.88. The summed E-state index contributed by atoms with van der Waals surface area (Å²) in [6.07, 6.45) is 0.112. The molecule has 0 saturated heterocycles. The zero-order valence-electron chi connectivity index (χ0n) is 19.6. The van der Waals surface area contributed by atoms with Gasteiger partial charge in [0.25, 0.3) is 0 Å². The van der Waals surface area contributed by atoms with Crippen molar-refractivity contribution < 1.29 is 24.2 Å². The Morgan fingerprint density at radius 1 is 1.00 bits per heavy atom. The molecule has 0 spiro atoms. The Bertz CT molecular complexity index is 1370. The second kappa shape index (κ2) is 10.8. The highest BCUT2D eigenvalue weighted by Gasteiger charge is 2.16. The number of carbonyl (C=O) groups excluding carboxylic acids is 2. The van der Waals surface area contributed by atoms with E-state index in [1.165, 1.54) is 7.11 Å². The Morgan fingerprint density at radius 3 is 2.60 bits per heavy atom. The Morgan fingerprint density at radius 2 is 1.80 bits per heavy atom. The third-order valence-electron chi connectivity index (χ3n) is 5.56. The average molecular weight is 474 g/mol. The Labute approximate surface area is 202 Å². The van der Waals surface area contributed by atoms with E-state index in [2.05, 4.69) is 15.6 Å². The molecule has 0 aliphatic heterocycles. The second-order valence-corrected chi connectivity index (χ2v) is 8.01. The van der Waals surface area contributed by atoms with E-state index in [-0.39, 0.29) is 0 Å². The number of nitrogens with zero attached hydrogens (tertiary/aromatic N) is 1. The molecular formula is C27H27N3O5. The molecule has 1 unspecified atom stereocenters. The van der Waals surface area contributed by atoms with Gasteiger partial charge in [-0.3, -0.25) is 5.32 Å². The molecule has 8 heteroatoms. The molecule has 4 aromatic rings. The molecular weight excluding hydrogens is 446 g/mol. The number of methoxy groups -OCH3 is 1. The Kier molecular flexibility index (Phi) is 7.42. The lowest BCUT2D eigenvalue weighted by atomic mass is 10.0. The quantitative estimate of drug-likeness (QED) is 0.132. The fraction of sp³-hybridized carbons (Fsp3) is 0.222. The lowest BCUT2D eigenvalue weighted by molar-refractivity contribution is 0.0601. The van der Waals surface area contributed by atoms with Crippen LogP contribution in [-0.2, 0) is 9.47 Å². The van der Waals surface area contributed by atoms with Gasteiger partial charge in [0.2, 0.25) is 0 Å². The monoisotopic (exact) mass is 473 g/mol. The van der Waals surface area contributed by atoms with Crippen LogP contribution in [0.1, 0.15) is 41.9 Å². The molecule has 0 saturated carbocycles. The van der Waals surface area contributed by atoms with Crippen LogP contribution in [0.15, 0.2) is 66.7 Å². The number of carbonyl (C=O) groups is 2.